The third-order valence-corrected chi connectivity index (χ3v) is 10.4. The summed E-state index contributed by atoms with van der Waals surface area (Å²) < 4.78 is 9.08. The first kappa shape index (κ1) is 35.6. The van der Waals surface area contributed by atoms with Gasteiger partial charge in [-0.05, 0) is 46.7 Å². The van der Waals surface area contributed by atoms with Crippen molar-refractivity contribution in [1.82, 2.24) is 19.5 Å². The average Bonchev–Trinajstić information content (AvgIpc) is 3.69. The van der Waals surface area contributed by atoms with Gasteiger partial charge in [0.2, 0.25) is 0 Å². The number of aliphatic hydroxyl groups excluding tert-OH is 1. The summed E-state index contributed by atoms with van der Waals surface area (Å²) in [6, 6.07) is 61.9. The summed E-state index contributed by atoms with van der Waals surface area (Å²) in [6.45, 7) is 2.42. The van der Waals surface area contributed by atoms with Crippen molar-refractivity contribution >= 4 is 17.0 Å². The van der Waals surface area contributed by atoms with Crippen LogP contribution < -0.4 is 5.32 Å². The molecule has 2 unspecified atom stereocenters. The zero-order chi connectivity index (χ0) is 37.5. The van der Waals surface area contributed by atoms with Gasteiger partial charge in [0.15, 0.2) is 11.5 Å². The van der Waals surface area contributed by atoms with Gasteiger partial charge in [-0.25, -0.2) is 15.0 Å². The molecule has 0 saturated carbocycles. The van der Waals surface area contributed by atoms with Gasteiger partial charge in [0.05, 0.1) is 18.5 Å². The van der Waals surface area contributed by atoms with Crippen molar-refractivity contribution in [3.63, 3.8) is 0 Å². The third-order valence-electron chi connectivity index (χ3n) is 10.4. The lowest BCUT2D eigenvalue weighted by Crippen LogP contribution is -2.40. The second-order valence-electron chi connectivity index (χ2n) is 13.8. The van der Waals surface area contributed by atoms with Crippen molar-refractivity contribution in [3.05, 3.63) is 228 Å². The van der Waals surface area contributed by atoms with E-state index in [1.54, 1.807) is 12.7 Å². The lowest BCUT2D eigenvalue weighted by Gasteiger charge is -2.39. The quantitative estimate of drug-likeness (QED) is 0.109. The van der Waals surface area contributed by atoms with Crippen LogP contribution >= 0.6 is 0 Å². The number of aliphatic hydroxyl groups is 1. The summed E-state index contributed by atoms with van der Waals surface area (Å²) in [7, 11) is 0. The molecule has 0 fully saturated rings. The van der Waals surface area contributed by atoms with E-state index >= 15 is 0 Å². The lowest BCUT2D eigenvalue weighted by molar-refractivity contribution is -0.0956. The van der Waals surface area contributed by atoms with Gasteiger partial charge in [-0.15, -0.1) is 0 Å². The molecule has 0 spiro atoms. The number of rotatable bonds is 14. The molecule has 6 aromatic carbocycles. The lowest BCUT2D eigenvalue weighted by atomic mass is 9.77. The van der Waals surface area contributed by atoms with Crippen molar-refractivity contribution in [3.8, 4) is 0 Å². The second-order valence-corrected chi connectivity index (χ2v) is 13.8. The van der Waals surface area contributed by atoms with Crippen LogP contribution in [0.4, 0.5) is 5.82 Å². The first-order valence-electron chi connectivity index (χ1n) is 18.7. The number of anilines is 1. The van der Waals surface area contributed by atoms with Crippen LogP contribution in [-0.2, 0) is 22.4 Å². The minimum absolute atomic E-state index is 0.413. The molecule has 272 valence electrons. The Morgan fingerprint density at radius 2 is 0.964 bits per heavy atom. The summed E-state index contributed by atoms with van der Waals surface area (Å²) in [5.74, 6) is 0.607. The molecular weight excluding hydrogens is 679 g/mol. The first-order valence-corrected chi connectivity index (χ1v) is 18.7. The number of hydrogen-bond donors (Lipinski definition) is 2. The van der Waals surface area contributed by atoms with E-state index in [0.29, 0.717) is 29.9 Å². The Morgan fingerprint density at radius 1 is 0.564 bits per heavy atom. The van der Waals surface area contributed by atoms with E-state index in [-0.39, 0.29) is 0 Å². The summed E-state index contributed by atoms with van der Waals surface area (Å²) >= 11 is 0. The standard InChI is InChI=1S/C48H43N5O2/c1-36(55-48(40-26-14-5-15-27-40,41-28-16-6-17-29-41)42-30-18-7-19-31-42)43(54)32-33-53-35-51-44-45(49-34-50-46(44)53)52-47(37-20-8-2-9-21-37,38-22-10-3-11-23-38)39-24-12-4-13-25-39/h2-31,34-36,43,54H,32-33H2,1H3,(H,49,50,52). The molecule has 0 radical (unpaired) electrons. The van der Waals surface area contributed by atoms with Gasteiger partial charge < -0.3 is 19.7 Å². The van der Waals surface area contributed by atoms with E-state index in [1.807, 2.05) is 84.3 Å². The van der Waals surface area contributed by atoms with Crippen LogP contribution in [0.25, 0.3) is 11.2 Å². The predicted molar refractivity (Wildman–Crippen MR) is 219 cm³/mol. The van der Waals surface area contributed by atoms with E-state index < -0.39 is 23.3 Å². The maximum Gasteiger partial charge on any atom is 0.165 e. The minimum Gasteiger partial charge on any atom is -0.390 e. The number of ether oxygens (including phenoxy) is 1. The number of aromatic nitrogens is 4. The Labute approximate surface area is 322 Å². The van der Waals surface area contributed by atoms with Crippen molar-refractivity contribution in [2.24, 2.45) is 0 Å². The van der Waals surface area contributed by atoms with E-state index in [0.717, 1.165) is 33.4 Å². The number of imidazole rings is 1. The molecule has 8 rings (SSSR count). The van der Waals surface area contributed by atoms with Gasteiger partial charge in [0.25, 0.3) is 0 Å². The number of hydrogen-bond acceptors (Lipinski definition) is 6. The Hall–Kier alpha value is -6.41. The van der Waals surface area contributed by atoms with Gasteiger partial charge in [-0.3, -0.25) is 0 Å². The maximum atomic E-state index is 11.8. The van der Waals surface area contributed by atoms with Crippen molar-refractivity contribution in [2.45, 2.75) is 43.2 Å². The van der Waals surface area contributed by atoms with Gasteiger partial charge in [0, 0.05) is 6.54 Å². The molecule has 0 aliphatic carbocycles. The summed E-state index contributed by atoms with van der Waals surface area (Å²) in [6.07, 6.45) is 2.43. The van der Waals surface area contributed by atoms with Crippen LogP contribution in [0, 0.1) is 0 Å². The van der Waals surface area contributed by atoms with Gasteiger partial charge in [-0.2, -0.15) is 0 Å². The minimum atomic E-state index is -0.942. The van der Waals surface area contributed by atoms with Crippen LogP contribution in [-0.4, -0.2) is 36.8 Å². The zero-order valence-corrected chi connectivity index (χ0v) is 30.7. The van der Waals surface area contributed by atoms with Crippen LogP contribution in [0.15, 0.2) is 195 Å². The van der Waals surface area contributed by atoms with Crippen molar-refractivity contribution < 1.29 is 9.84 Å². The van der Waals surface area contributed by atoms with Gasteiger partial charge in [-0.1, -0.05) is 182 Å². The highest BCUT2D eigenvalue weighted by Crippen LogP contribution is 2.43. The Kier molecular flexibility index (Phi) is 10.3. The fourth-order valence-corrected chi connectivity index (χ4v) is 7.68. The molecule has 0 amide bonds. The molecule has 2 aromatic heterocycles. The van der Waals surface area contributed by atoms with Crippen molar-refractivity contribution in [1.29, 1.82) is 0 Å². The molecule has 55 heavy (non-hydrogen) atoms. The maximum absolute atomic E-state index is 11.8. The average molecular weight is 722 g/mol. The highest BCUT2D eigenvalue weighted by Gasteiger charge is 2.41. The van der Waals surface area contributed by atoms with Crippen LogP contribution in [0.2, 0.25) is 0 Å². The molecule has 0 aliphatic rings. The number of benzene rings is 6. The fourth-order valence-electron chi connectivity index (χ4n) is 7.68. The smallest absolute Gasteiger partial charge is 0.165 e. The van der Waals surface area contributed by atoms with Gasteiger partial charge in [0.1, 0.15) is 23.0 Å². The fraction of sp³-hybridized carbons (Fsp3) is 0.146. The van der Waals surface area contributed by atoms with E-state index in [1.165, 1.54) is 0 Å². The molecule has 8 aromatic rings. The SMILES string of the molecule is CC(OC(c1ccccc1)(c1ccccc1)c1ccccc1)C(O)CCn1cnc2c(NC(c3ccccc3)(c3ccccc3)c3ccccc3)ncnc21. The molecule has 0 aliphatic heterocycles. The van der Waals surface area contributed by atoms with Gasteiger partial charge >= 0.3 is 0 Å². The van der Waals surface area contributed by atoms with E-state index in [2.05, 4.69) is 119 Å². The summed E-state index contributed by atoms with van der Waals surface area (Å²) in [4.78, 5) is 14.3. The van der Waals surface area contributed by atoms with Crippen molar-refractivity contribution in [2.75, 3.05) is 5.32 Å². The number of fused-ring (bicyclic) bond motifs is 1. The third kappa shape index (κ3) is 6.92. The largest absolute Gasteiger partial charge is 0.390 e. The van der Waals surface area contributed by atoms with Crippen LogP contribution in [0.5, 0.6) is 0 Å². The predicted octanol–water partition coefficient (Wildman–Crippen LogP) is 9.38. The Morgan fingerprint density at radius 3 is 1.38 bits per heavy atom. The summed E-state index contributed by atoms with van der Waals surface area (Å²) in [5.41, 5.74) is 5.75. The van der Waals surface area contributed by atoms with E-state index in [4.69, 9.17) is 14.7 Å². The van der Waals surface area contributed by atoms with Crippen LogP contribution in [0.1, 0.15) is 46.7 Å². The molecule has 0 bridgehead atoms. The normalized spacial score (nSPS) is 13.0. The van der Waals surface area contributed by atoms with E-state index in [9.17, 15) is 5.11 Å². The molecule has 0 saturated heterocycles. The number of nitrogens with one attached hydrogen (secondary N) is 1. The number of aryl methyl sites for hydroxylation is 1. The first-order chi connectivity index (χ1) is 27.1. The molecule has 7 heteroatoms. The zero-order valence-electron chi connectivity index (χ0n) is 30.7. The second kappa shape index (κ2) is 15.9. The molecule has 2 N–H and O–H groups in total. The van der Waals surface area contributed by atoms with Crippen LogP contribution in [0.3, 0.4) is 0 Å². The number of nitrogens with zero attached hydrogens (tertiary/aromatic N) is 4. The Balaban J connectivity index is 1.10. The topological polar surface area (TPSA) is 85.1 Å². The molecular formula is C48H43N5O2. The molecule has 2 heterocycles. The molecule has 7 nitrogen and oxygen atoms in total. The highest BCUT2D eigenvalue weighted by molar-refractivity contribution is 5.84. The summed E-state index contributed by atoms with van der Waals surface area (Å²) in [5, 5.41) is 15.6. The molecule has 2 atom stereocenters. The monoisotopic (exact) mass is 721 g/mol. The highest BCUT2D eigenvalue weighted by atomic mass is 16.5. The Bertz CT molecular complexity index is 2220.